The van der Waals surface area contributed by atoms with Crippen molar-refractivity contribution in [3.63, 3.8) is 0 Å². The van der Waals surface area contributed by atoms with Gasteiger partial charge in [0.15, 0.2) is 0 Å². The van der Waals surface area contributed by atoms with Crippen LogP contribution in [0.5, 0.6) is 0 Å². The van der Waals surface area contributed by atoms with Gasteiger partial charge in [0.05, 0.1) is 6.54 Å². The lowest BCUT2D eigenvalue weighted by Gasteiger charge is -2.25. The van der Waals surface area contributed by atoms with Gasteiger partial charge in [0.2, 0.25) is 0 Å². The first-order valence-electron chi connectivity index (χ1n) is 4.77. The molecule has 0 aromatic carbocycles. The zero-order valence-electron chi connectivity index (χ0n) is 7.44. The summed E-state index contributed by atoms with van der Waals surface area (Å²) in [4.78, 5) is 6.88. The Kier molecular flexibility index (Phi) is 1.85. The molecule has 0 saturated carbocycles. The van der Waals surface area contributed by atoms with Gasteiger partial charge in [-0.1, -0.05) is 0 Å². The van der Waals surface area contributed by atoms with E-state index in [1.54, 1.807) is 11.3 Å². The summed E-state index contributed by atoms with van der Waals surface area (Å²) in [6, 6.07) is 1.53. The zero-order valence-corrected chi connectivity index (χ0v) is 8.26. The molecule has 2 saturated heterocycles. The molecule has 2 aliphatic heterocycles. The minimum Gasteiger partial charge on any atom is -0.311 e. The molecule has 0 unspecified atom stereocenters. The lowest BCUT2D eigenvalue weighted by Crippen LogP contribution is -2.42. The summed E-state index contributed by atoms with van der Waals surface area (Å²) < 4.78 is 0. The SMILES string of the molecule is c1csc(CN2C[C@@H]3C[C@H]2CN3)n1. The maximum atomic E-state index is 4.32. The van der Waals surface area contributed by atoms with Crippen molar-refractivity contribution in [2.24, 2.45) is 0 Å². The minimum atomic E-state index is 0.755. The molecule has 0 spiro atoms. The topological polar surface area (TPSA) is 28.2 Å². The molecule has 0 radical (unpaired) electrons. The fourth-order valence-corrected chi connectivity index (χ4v) is 2.99. The van der Waals surface area contributed by atoms with Crippen molar-refractivity contribution in [1.29, 1.82) is 0 Å². The van der Waals surface area contributed by atoms with Crippen molar-refractivity contribution in [3.8, 4) is 0 Å². The first-order valence-corrected chi connectivity index (χ1v) is 5.65. The average molecular weight is 195 g/mol. The summed E-state index contributed by atoms with van der Waals surface area (Å²) in [6.07, 6.45) is 3.23. The molecule has 4 heteroatoms. The Bertz CT molecular complexity index is 285. The molecule has 2 fully saturated rings. The van der Waals surface area contributed by atoms with Gasteiger partial charge in [0.1, 0.15) is 5.01 Å². The van der Waals surface area contributed by atoms with Gasteiger partial charge in [0.25, 0.3) is 0 Å². The number of likely N-dealkylation sites (tertiary alicyclic amines) is 1. The summed E-state index contributed by atoms with van der Waals surface area (Å²) in [5.41, 5.74) is 0. The highest BCUT2D eigenvalue weighted by atomic mass is 32.1. The molecule has 2 atom stereocenters. The van der Waals surface area contributed by atoms with Crippen LogP contribution in [0.15, 0.2) is 11.6 Å². The molecule has 1 aromatic rings. The molecule has 3 nitrogen and oxygen atoms in total. The summed E-state index contributed by atoms with van der Waals surface area (Å²) in [6.45, 7) is 3.45. The second-order valence-electron chi connectivity index (χ2n) is 3.85. The number of fused-ring (bicyclic) bond motifs is 2. The van der Waals surface area contributed by atoms with Gasteiger partial charge >= 0.3 is 0 Å². The summed E-state index contributed by atoms with van der Waals surface area (Å²) in [5.74, 6) is 0. The van der Waals surface area contributed by atoms with Crippen LogP contribution in [0.1, 0.15) is 11.4 Å². The van der Waals surface area contributed by atoms with Crippen LogP contribution in [0.3, 0.4) is 0 Å². The van der Waals surface area contributed by atoms with Crippen molar-refractivity contribution in [2.75, 3.05) is 13.1 Å². The number of hydrogen-bond donors (Lipinski definition) is 1. The van der Waals surface area contributed by atoms with E-state index in [-0.39, 0.29) is 0 Å². The maximum Gasteiger partial charge on any atom is 0.107 e. The highest BCUT2D eigenvalue weighted by Crippen LogP contribution is 2.25. The van der Waals surface area contributed by atoms with Crippen molar-refractivity contribution in [1.82, 2.24) is 15.2 Å². The van der Waals surface area contributed by atoms with E-state index in [4.69, 9.17) is 0 Å². The zero-order chi connectivity index (χ0) is 8.67. The molecule has 2 aliphatic rings. The third-order valence-corrected chi connectivity index (χ3v) is 3.76. The molecular formula is C9H13N3S. The standard InChI is InChI=1S/C9H13N3S/c1-2-13-9(10-1)6-12-5-7-3-8(12)4-11-7/h1-2,7-8,11H,3-6H2/t7-,8-/m0/s1. The molecule has 0 amide bonds. The van der Waals surface area contributed by atoms with E-state index in [0.29, 0.717) is 0 Å². The number of thiazole rings is 1. The van der Waals surface area contributed by atoms with Crippen LogP contribution in [0.2, 0.25) is 0 Å². The largest absolute Gasteiger partial charge is 0.311 e. The van der Waals surface area contributed by atoms with Gasteiger partial charge in [0, 0.05) is 36.8 Å². The normalized spacial score (nSPS) is 32.9. The third kappa shape index (κ3) is 1.39. The van der Waals surface area contributed by atoms with Gasteiger partial charge in [-0.2, -0.15) is 0 Å². The Hall–Kier alpha value is -0.450. The van der Waals surface area contributed by atoms with E-state index in [2.05, 4.69) is 20.6 Å². The number of aromatic nitrogens is 1. The van der Waals surface area contributed by atoms with Crippen LogP contribution in [0, 0.1) is 0 Å². The van der Waals surface area contributed by atoms with Crippen molar-refractivity contribution >= 4 is 11.3 Å². The van der Waals surface area contributed by atoms with Gasteiger partial charge in [-0.15, -0.1) is 11.3 Å². The molecule has 3 heterocycles. The van der Waals surface area contributed by atoms with E-state index in [0.717, 1.165) is 18.6 Å². The van der Waals surface area contributed by atoms with Crippen LogP contribution < -0.4 is 5.32 Å². The molecule has 70 valence electrons. The summed E-state index contributed by atoms with van der Waals surface area (Å²) in [5, 5.41) is 6.82. The Labute approximate surface area is 81.8 Å². The van der Waals surface area contributed by atoms with Crippen LogP contribution in [-0.2, 0) is 6.54 Å². The Balaban J connectivity index is 1.68. The average Bonchev–Trinajstić information content (AvgIpc) is 2.77. The number of rotatable bonds is 2. The second kappa shape index (κ2) is 3.04. The monoisotopic (exact) mass is 195 g/mol. The van der Waals surface area contributed by atoms with Crippen LogP contribution in [0.25, 0.3) is 0 Å². The van der Waals surface area contributed by atoms with E-state index in [1.165, 1.54) is 24.5 Å². The maximum absolute atomic E-state index is 4.32. The minimum absolute atomic E-state index is 0.755. The Morgan fingerprint density at radius 1 is 1.69 bits per heavy atom. The molecule has 0 aliphatic carbocycles. The Morgan fingerprint density at radius 3 is 3.31 bits per heavy atom. The fourth-order valence-electron chi connectivity index (χ4n) is 2.35. The molecule has 2 bridgehead atoms. The van der Waals surface area contributed by atoms with Crippen LogP contribution in [-0.4, -0.2) is 35.1 Å². The molecule has 3 rings (SSSR count). The van der Waals surface area contributed by atoms with E-state index >= 15 is 0 Å². The predicted molar refractivity (Wildman–Crippen MR) is 52.7 cm³/mol. The van der Waals surface area contributed by atoms with E-state index in [9.17, 15) is 0 Å². The molecule has 13 heavy (non-hydrogen) atoms. The van der Waals surface area contributed by atoms with Gasteiger partial charge in [-0.3, -0.25) is 4.90 Å². The number of nitrogens with one attached hydrogen (secondary N) is 1. The third-order valence-electron chi connectivity index (χ3n) is 2.99. The highest BCUT2D eigenvalue weighted by Gasteiger charge is 2.37. The Morgan fingerprint density at radius 2 is 2.69 bits per heavy atom. The van der Waals surface area contributed by atoms with Gasteiger partial charge in [-0.25, -0.2) is 4.98 Å². The van der Waals surface area contributed by atoms with Crippen molar-refractivity contribution in [2.45, 2.75) is 25.0 Å². The first kappa shape index (κ1) is 7.91. The van der Waals surface area contributed by atoms with Crippen LogP contribution >= 0.6 is 11.3 Å². The quantitative estimate of drug-likeness (QED) is 0.752. The van der Waals surface area contributed by atoms with Crippen molar-refractivity contribution in [3.05, 3.63) is 16.6 Å². The predicted octanol–water partition coefficient (Wildman–Crippen LogP) is 0.689. The first-order chi connectivity index (χ1) is 6.42. The number of piperazine rings is 1. The van der Waals surface area contributed by atoms with Gasteiger partial charge in [-0.05, 0) is 6.42 Å². The summed E-state index contributed by atoms with van der Waals surface area (Å²) in [7, 11) is 0. The summed E-state index contributed by atoms with van der Waals surface area (Å²) >= 11 is 1.76. The number of nitrogens with zero attached hydrogens (tertiary/aromatic N) is 2. The smallest absolute Gasteiger partial charge is 0.107 e. The molecule has 1 N–H and O–H groups in total. The van der Waals surface area contributed by atoms with Crippen LogP contribution in [0.4, 0.5) is 0 Å². The molecular weight excluding hydrogens is 182 g/mol. The lowest BCUT2D eigenvalue weighted by molar-refractivity contribution is 0.217. The van der Waals surface area contributed by atoms with E-state index in [1.807, 2.05) is 6.20 Å². The van der Waals surface area contributed by atoms with Crippen molar-refractivity contribution < 1.29 is 0 Å². The second-order valence-corrected chi connectivity index (χ2v) is 4.83. The lowest BCUT2D eigenvalue weighted by atomic mass is 10.2. The number of hydrogen-bond acceptors (Lipinski definition) is 4. The fraction of sp³-hybridized carbons (Fsp3) is 0.667. The highest BCUT2D eigenvalue weighted by molar-refractivity contribution is 7.09. The van der Waals surface area contributed by atoms with E-state index < -0.39 is 0 Å². The van der Waals surface area contributed by atoms with Gasteiger partial charge < -0.3 is 5.32 Å². The molecule has 1 aromatic heterocycles.